The minimum atomic E-state index is -4.15. The van der Waals surface area contributed by atoms with E-state index < -0.39 is 12.7 Å². The van der Waals surface area contributed by atoms with Gasteiger partial charge in [-0.1, -0.05) is 24.3 Å². The standard InChI is InChI=1S/C18H27F3N4O.HI/c1-3-26-12-15-7-5-4-6-14(15)10-23-17(22-2)24-16-8-9-25(11-16)13-18(19,20)21;/h4-7,16H,3,8-13H2,1-2H3,(H2,22,23,24);1H. The maximum atomic E-state index is 12.5. The van der Waals surface area contributed by atoms with Crippen LogP contribution in [0.5, 0.6) is 0 Å². The molecule has 2 N–H and O–H groups in total. The van der Waals surface area contributed by atoms with Crippen molar-refractivity contribution in [2.45, 2.75) is 38.7 Å². The first-order chi connectivity index (χ1) is 12.4. The van der Waals surface area contributed by atoms with E-state index in [0.717, 1.165) is 11.1 Å². The van der Waals surface area contributed by atoms with Crippen molar-refractivity contribution >= 4 is 29.9 Å². The molecule has 0 aliphatic carbocycles. The van der Waals surface area contributed by atoms with Crippen molar-refractivity contribution in [1.29, 1.82) is 0 Å². The lowest BCUT2D eigenvalue weighted by molar-refractivity contribution is -0.143. The number of ether oxygens (including phenoxy) is 1. The minimum Gasteiger partial charge on any atom is -0.377 e. The second-order valence-corrected chi connectivity index (χ2v) is 6.31. The number of rotatable bonds is 7. The normalized spacial score (nSPS) is 18.3. The molecular weight excluding hydrogens is 472 g/mol. The Kier molecular flexibility index (Phi) is 10.4. The van der Waals surface area contributed by atoms with E-state index in [1.54, 1.807) is 7.05 Å². The van der Waals surface area contributed by atoms with Crippen LogP contribution in [0.2, 0.25) is 0 Å². The monoisotopic (exact) mass is 500 g/mol. The maximum Gasteiger partial charge on any atom is 0.401 e. The van der Waals surface area contributed by atoms with Gasteiger partial charge in [-0.15, -0.1) is 24.0 Å². The number of benzene rings is 1. The molecule has 1 aliphatic rings. The van der Waals surface area contributed by atoms with Crippen LogP contribution in [0.15, 0.2) is 29.3 Å². The number of likely N-dealkylation sites (tertiary alicyclic amines) is 1. The highest BCUT2D eigenvalue weighted by molar-refractivity contribution is 14.0. The number of aliphatic imine (C=N–C) groups is 1. The molecule has 1 saturated heterocycles. The van der Waals surface area contributed by atoms with E-state index in [0.29, 0.717) is 45.2 Å². The molecule has 154 valence electrons. The topological polar surface area (TPSA) is 48.9 Å². The van der Waals surface area contributed by atoms with Gasteiger partial charge < -0.3 is 15.4 Å². The summed E-state index contributed by atoms with van der Waals surface area (Å²) in [5.74, 6) is 0.593. The Hall–Kier alpha value is -1.07. The van der Waals surface area contributed by atoms with E-state index in [1.807, 2.05) is 31.2 Å². The first kappa shape index (κ1) is 24.0. The summed E-state index contributed by atoms with van der Waals surface area (Å²) >= 11 is 0. The summed E-state index contributed by atoms with van der Waals surface area (Å²) in [5, 5.41) is 6.45. The quantitative estimate of drug-likeness (QED) is 0.343. The number of halogens is 4. The third-order valence-corrected chi connectivity index (χ3v) is 4.27. The molecule has 0 bridgehead atoms. The second kappa shape index (κ2) is 11.7. The van der Waals surface area contributed by atoms with Crippen LogP contribution in [0.3, 0.4) is 0 Å². The highest BCUT2D eigenvalue weighted by Gasteiger charge is 2.34. The lowest BCUT2D eigenvalue weighted by Gasteiger charge is -2.20. The van der Waals surface area contributed by atoms with E-state index in [4.69, 9.17) is 4.74 Å². The molecule has 27 heavy (non-hydrogen) atoms. The van der Waals surface area contributed by atoms with Crippen LogP contribution < -0.4 is 10.6 Å². The van der Waals surface area contributed by atoms with Gasteiger partial charge in [-0.2, -0.15) is 13.2 Å². The van der Waals surface area contributed by atoms with Crippen molar-refractivity contribution in [2.75, 3.05) is 33.3 Å². The van der Waals surface area contributed by atoms with E-state index >= 15 is 0 Å². The third kappa shape index (κ3) is 8.65. The average Bonchev–Trinajstić information content (AvgIpc) is 3.02. The predicted octanol–water partition coefficient (Wildman–Crippen LogP) is 3.14. The van der Waals surface area contributed by atoms with Crippen LogP contribution in [-0.2, 0) is 17.9 Å². The highest BCUT2D eigenvalue weighted by atomic mass is 127. The summed E-state index contributed by atoms with van der Waals surface area (Å²) < 4.78 is 43.0. The Morgan fingerprint density at radius 3 is 2.63 bits per heavy atom. The van der Waals surface area contributed by atoms with Crippen molar-refractivity contribution in [3.05, 3.63) is 35.4 Å². The molecule has 1 aromatic carbocycles. The molecule has 0 saturated carbocycles. The number of nitrogens with one attached hydrogen (secondary N) is 2. The van der Waals surface area contributed by atoms with Gasteiger partial charge in [0.2, 0.25) is 0 Å². The predicted molar refractivity (Wildman–Crippen MR) is 111 cm³/mol. The molecule has 2 rings (SSSR count). The Labute approximate surface area is 175 Å². The maximum absolute atomic E-state index is 12.5. The number of alkyl halides is 3. The number of guanidine groups is 1. The molecule has 0 radical (unpaired) electrons. The van der Waals surface area contributed by atoms with Crippen molar-refractivity contribution in [1.82, 2.24) is 15.5 Å². The van der Waals surface area contributed by atoms with Gasteiger partial charge in [-0.05, 0) is 24.5 Å². The second-order valence-electron chi connectivity index (χ2n) is 6.31. The van der Waals surface area contributed by atoms with Gasteiger partial charge in [-0.3, -0.25) is 9.89 Å². The van der Waals surface area contributed by atoms with Crippen LogP contribution in [0.4, 0.5) is 13.2 Å². The van der Waals surface area contributed by atoms with Gasteiger partial charge in [0.05, 0.1) is 13.2 Å². The fourth-order valence-corrected chi connectivity index (χ4v) is 3.00. The van der Waals surface area contributed by atoms with Gasteiger partial charge >= 0.3 is 6.18 Å². The van der Waals surface area contributed by atoms with E-state index in [-0.39, 0.29) is 30.0 Å². The fourth-order valence-electron chi connectivity index (χ4n) is 3.00. The van der Waals surface area contributed by atoms with E-state index in [2.05, 4.69) is 15.6 Å². The SMILES string of the molecule is CCOCc1ccccc1CNC(=NC)NC1CCN(CC(F)(F)F)C1.I. The Morgan fingerprint density at radius 1 is 1.30 bits per heavy atom. The summed E-state index contributed by atoms with van der Waals surface area (Å²) in [4.78, 5) is 5.60. The molecule has 0 spiro atoms. The molecule has 5 nitrogen and oxygen atoms in total. The molecule has 1 aromatic rings. The zero-order chi connectivity index (χ0) is 19.0. The van der Waals surface area contributed by atoms with Crippen molar-refractivity contribution in [2.24, 2.45) is 4.99 Å². The van der Waals surface area contributed by atoms with Gasteiger partial charge in [0.25, 0.3) is 0 Å². The number of hydrogen-bond acceptors (Lipinski definition) is 3. The van der Waals surface area contributed by atoms with Gasteiger partial charge in [0, 0.05) is 39.3 Å². The van der Waals surface area contributed by atoms with Crippen LogP contribution in [0.25, 0.3) is 0 Å². The molecule has 1 unspecified atom stereocenters. The van der Waals surface area contributed by atoms with Crippen LogP contribution in [0, 0.1) is 0 Å². The molecule has 1 atom stereocenters. The van der Waals surface area contributed by atoms with Crippen LogP contribution in [-0.4, -0.2) is 56.4 Å². The minimum absolute atomic E-state index is 0. The number of nitrogens with zero attached hydrogens (tertiary/aromatic N) is 2. The first-order valence-electron chi connectivity index (χ1n) is 8.82. The van der Waals surface area contributed by atoms with E-state index in [1.165, 1.54) is 4.90 Å². The van der Waals surface area contributed by atoms with Gasteiger partial charge in [-0.25, -0.2) is 0 Å². The van der Waals surface area contributed by atoms with Crippen molar-refractivity contribution in [3.8, 4) is 0 Å². The van der Waals surface area contributed by atoms with E-state index in [9.17, 15) is 13.2 Å². The summed E-state index contributed by atoms with van der Waals surface area (Å²) in [7, 11) is 1.66. The molecule has 0 amide bonds. The Bertz CT molecular complexity index is 598. The van der Waals surface area contributed by atoms with Crippen molar-refractivity contribution < 1.29 is 17.9 Å². The lowest BCUT2D eigenvalue weighted by atomic mass is 10.1. The zero-order valence-electron chi connectivity index (χ0n) is 15.7. The van der Waals surface area contributed by atoms with Crippen LogP contribution in [0.1, 0.15) is 24.5 Å². The smallest absolute Gasteiger partial charge is 0.377 e. The molecule has 9 heteroatoms. The van der Waals surface area contributed by atoms with Crippen LogP contribution >= 0.6 is 24.0 Å². The molecular formula is C18H28F3IN4O. The Morgan fingerprint density at radius 2 is 2.00 bits per heavy atom. The summed E-state index contributed by atoms with van der Waals surface area (Å²) in [5.41, 5.74) is 2.21. The fraction of sp³-hybridized carbons (Fsp3) is 0.611. The zero-order valence-corrected chi connectivity index (χ0v) is 18.0. The average molecular weight is 500 g/mol. The summed E-state index contributed by atoms with van der Waals surface area (Å²) in [6.45, 7) is 3.67. The summed E-state index contributed by atoms with van der Waals surface area (Å²) in [6, 6.07) is 7.94. The summed E-state index contributed by atoms with van der Waals surface area (Å²) in [6.07, 6.45) is -3.49. The highest BCUT2D eigenvalue weighted by Crippen LogP contribution is 2.20. The molecule has 1 fully saturated rings. The molecule has 1 aliphatic heterocycles. The Balaban J connectivity index is 0.00000364. The lowest BCUT2D eigenvalue weighted by Crippen LogP contribution is -2.45. The first-order valence-corrected chi connectivity index (χ1v) is 8.82. The van der Waals surface area contributed by atoms with Gasteiger partial charge in [0.1, 0.15) is 0 Å². The van der Waals surface area contributed by atoms with Gasteiger partial charge in [0.15, 0.2) is 5.96 Å². The van der Waals surface area contributed by atoms with Crippen molar-refractivity contribution in [3.63, 3.8) is 0 Å². The molecule has 0 aromatic heterocycles. The molecule has 1 heterocycles. The largest absolute Gasteiger partial charge is 0.401 e. The number of hydrogen-bond donors (Lipinski definition) is 2. The third-order valence-electron chi connectivity index (χ3n) is 4.27.